The monoisotopic (exact) mass is 576 g/mol. The fourth-order valence-corrected chi connectivity index (χ4v) is 9.58. The highest BCUT2D eigenvalue weighted by Crippen LogP contribution is 2.56. The molecule has 216 valence electrons. The van der Waals surface area contributed by atoms with Crippen LogP contribution >= 0.6 is 0 Å². The predicted molar refractivity (Wildman–Crippen MR) is 192 cm³/mol. The topological polar surface area (TPSA) is 0 Å². The van der Waals surface area contributed by atoms with E-state index in [1.807, 2.05) is 0 Å². The first-order valence-electron chi connectivity index (χ1n) is 16.4. The lowest BCUT2D eigenvalue weighted by Gasteiger charge is -2.25. The van der Waals surface area contributed by atoms with Crippen molar-refractivity contribution in [3.8, 4) is 33.4 Å². The van der Waals surface area contributed by atoms with Crippen LogP contribution in [0.4, 0.5) is 0 Å². The molecule has 0 aromatic heterocycles. The summed E-state index contributed by atoms with van der Waals surface area (Å²) in [6.45, 7) is 14.4. The normalized spacial score (nSPS) is 17.2. The van der Waals surface area contributed by atoms with E-state index in [2.05, 4.69) is 151 Å². The third kappa shape index (κ3) is 2.95. The van der Waals surface area contributed by atoms with E-state index in [1.54, 1.807) is 0 Å². The summed E-state index contributed by atoms with van der Waals surface area (Å²) in [7, 11) is 0. The number of rotatable bonds is 0. The summed E-state index contributed by atoms with van der Waals surface area (Å²) in [5, 5.41) is 8.21. The lowest BCUT2D eigenvalue weighted by Crippen LogP contribution is -2.15. The van der Waals surface area contributed by atoms with Gasteiger partial charge in [0.05, 0.1) is 0 Å². The Kier molecular flexibility index (Phi) is 4.52. The Bertz CT molecular complexity index is 2190. The number of benzene rings is 7. The van der Waals surface area contributed by atoms with Gasteiger partial charge in [-0.25, -0.2) is 0 Å². The van der Waals surface area contributed by atoms with Crippen molar-refractivity contribution in [2.45, 2.75) is 57.8 Å². The summed E-state index contributed by atoms with van der Waals surface area (Å²) >= 11 is 0. The van der Waals surface area contributed by atoms with Crippen molar-refractivity contribution in [2.24, 2.45) is 0 Å². The van der Waals surface area contributed by atoms with Crippen LogP contribution in [-0.4, -0.2) is 0 Å². The third-order valence-electron chi connectivity index (χ3n) is 12.0. The molecule has 0 nitrogen and oxygen atoms in total. The average molecular weight is 577 g/mol. The van der Waals surface area contributed by atoms with E-state index in [4.69, 9.17) is 0 Å². The molecule has 7 aromatic rings. The standard InChI is InChI=1S/C45H36/c1-43(2)37-16-10-7-13-25(37)34-19-28-31(22-40(34)43)29-20-35-26-14-8-11-17-38(26)45(5,6)42(35)24-33(29)30-21-36-27-15-9-12-18-39(27)44(3,4)41(36)23-32(28)30/h7-24H,1-6H3. The summed E-state index contributed by atoms with van der Waals surface area (Å²) < 4.78 is 0. The zero-order valence-electron chi connectivity index (χ0n) is 26.9. The molecule has 0 radical (unpaired) electrons. The molecule has 0 atom stereocenters. The van der Waals surface area contributed by atoms with Crippen molar-refractivity contribution in [1.29, 1.82) is 0 Å². The lowest BCUT2D eigenvalue weighted by atomic mass is 9.78. The first-order valence-corrected chi connectivity index (χ1v) is 16.4. The van der Waals surface area contributed by atoms with Gasteiger partial charge in [0, 0.05) is 16.2 Å². The van der Waals surface area contributed by atoms with Gasteiger partial charge in [0.25, 0.3) is 0 Å². The highest BCUT2D eigenvalue weighted by molar-refractivity contribution is 6.28. The van der Waals surface area contributed by atoms with Gasteiger partial charge in [0.1, 0.15) is 0 Å². The van der Waals surface area contributed by atoms with Crippen LogP contribution < -0.4 is 0 Å². The number of fused-ring (bicyclic) bond motifs is 15. The molecular formula is C45H36. The van der Waals surface area contributed by atoms with Crippen LogP contribution in [0.3, 0.4) is 0 Å². The maximum atomic E-state index is 2.55. The minimum Gasteiger partial charge on any atom is -0.0619 e. The van der Waals surface area contributed by atoms with E-state index in [0.717, 1.165) is 0 Å². The highest BCUT2D eigenvalue weighted by Gasteiger charge is 2.39. The molecule has 0 heterocycles. The summed E-state index contributed by atoms with van der Waals surface area (Å²) in [6, 6.07) is 42.4. The summed E-state index contributed by atoms with van der Waals surface area (Å²) in [6.07, 6.45) is 0. The van der Waals surface area contributed by atoms with Crippen LogP contribution in [0.2, 0.25) is 0 Å². The molecule has 0 fully saturated rings. The van der Waals surface area contributed by atoms with Gasteiger partial charge >= 0.3 is 0 Å². The van der Waals surface area contributed by atoms with Crippen LogP contribution in [0.1, 0.15) is 74.9 Å². The molecule has 0 aliphatic heterocycles. The first kappa shape index (κ1) is 25.6. The molecule has 45 heavy (non-hydrogen) atoms. The molecule has 0 N–H and O–H groups in total. The number of hydrogen-bond acceptors (Lipinski definition) is 0. The molecule has 0 spiro atoms. The molecule has 0 heteroatoms. The maximum absolute atomic E-state index is 2.55. The van der Waals surface area contributed by atoms with Gasteiger partial charge in [-0.2, -0.15) is 0 Å². The fraction of sp³-hybridized carbons (Fsp3) is 0.200. The van der Waals surface area contributed by atoms with E-state index in [0.29, 0.717) is 0 Å². The SMILES string of the molecule is CC1(C)c2ccccc2-c2cc3c4cc5c(cc4c4cc6c(cc4c3cc21)-c1ccccc1C6(C)C)-c1ccccc1C5(C)C. The van der Waals surface area contributed by atoms with Crippen LogP contribution in [0.15, 0.2) is 109 Å². The molecule has 0 amide bonds. The highest BCUT2D eigenvalue weighted by atomic mass is 14.4. The molecule has 3 aliphatic carbocycles. The van der Waals surface area contributed by atoms with Gasteiger partial charge in [0.15, 0.2) is 0 Å². The predicted octanol–water partition coefficient (Wildman–Crippen LogP) is 12.1. The van der Waals surface area contributed by atoms with Crippen LogP contribution in [0.25, 0.3) is 65.7 Å². The lowest BCUT2D eigenvalue weighted by molar-refractivity contribution is 0.661. The van der Waals surface area contributed by atoms with E-state index in [1.165, 1.54) is 99.1 Å². The van der Waals surface area contributed by atoms with Gasteiger partial charge < -0.3 is 0 Å². The van der Waals surface area contributed by atoms with Crippen molar-refractivity contribution in [2.75, 3.05) is 0 Å². The Morgan fingerprint density at radius 1 is 0.267 bits per heavy atom. The van der Waals surface area contributed by atoms with Crippen molar-refractivity contribution >= 4 is 32.3 Å². The summed E-state index contributed by atoms with van der Waals surface area (Å²) in [4.78, 5) is 0. The van der Waals surface area contributed by atoms with Crippen LogP contribution in [0, 0.1) is 0 Å². The quantitative estimate of drug-likeness (QED) is 0.158. The average Bonchev–Trinajstić information content (AvgIpc) is 3.52. The molecule has 0 saturated heterocycles. The van der Waals surface area contributed by atoms with Crippen molar-refractivity contribution in [3.05, 3.63) is 143 Å². The molecule has 0 bridgehead atoms. The minimum atomic E-state index is -0.0473. The molecule has 0 saturated carbocycles. The Morgan fingerprint density at radius 2 is 0.511 bits per heavy atom. The van der Waals surface area contributed by atoms with Gasteiger partial charge in [-0.15, -0.1) is 0 Å². The van der Waals surface area contributed by atoms with Crippen molar-refractivity contribution in [1.82, 2.24) is 0 Å². The molecule has 3 aliphatic rings. The Labute approximate surface area is 265 Å². The molecule has 10 rings (SSSR count). The van der Waals surface area contributed by atoms with Gasteiger partial charge in [0.2, 0.25) is 0 Å². The van der Waals surface area contributed by atoms with Crippen molar-refractivity contribution in [3.63, 3.8) is 0 Å². The smallest absolute Gasteiger partial charge is 0.0159 e. The molecule has 7 aromatic carbocycles. The second kappa shape index (κ2) is 7.93. The zero-order valence-corrected chi connectivity index (χ0v) is 26.9. The van der Waals surface area contributed by atoms with Crippen molar-refractivity contribution < 1.29 is 0 Å². The molecule has 0 unspecified atom stereocenters. The fourth-order valence-electron chi connectivity index (χ4n) is 9.58. The Hall–Kier alpha value is -4.68. The Balaban J connectivity index is 1.41. The zero-order chi connectivity index (χ0) is 30.6. The second-order valence-corrected chi connectivity index (χ2v) is 15.3. The van der Waals surface area contributed by atoms with E-state index in [-0.39, 0.29) is 16.2 Å². The van der Waals surface area contributed by atoms with E-state index in [9.17, 15) is 0 Å². The minimum absolute atomic E-state index is 0.0473. The first-order chi connectivity index (χ1) is 21.6. The van der Waals surface area contributed by atoms with E-state index >= 15 is 0 Å². The Morgan fingerprint density at radius 3 is 0.800 bits per heavy atom. The van der Waals surface area contributed by atoms with Gasteiger partial charge in [-0.3, -0.25) is 0 Å². The second-order valence-electron chi connectivity index (χ2n) is 15.3. The maximum Gasteiger partial charge on any atom is 0.0159 e. The largest absolute Gasteiger partial charge is 0.0619 e. The van der Waals surface area contributed by atoms with Gasteiger partial charge in [-0.1, -0.05) is 114 Å². The molecular weight excluding hydrogens is 540 g/mol. The van der Waals surface area contributed by atoms with Crippen LogP contribution in [-0.2, 0) is 16.2 Å². The summed E-state index contributed by atoms with van der Waals surface area (Å²) in [5.41, 5.74) is 16.8. The van der Waals surface area contributed by atoms with E-state index < -0.39 is 0 Å². The number of hydrogen-bond donors (Lipinski definition) is 0. The summed E-state index contributed by atoms with van der Waals surface area (Å²) in [5.74, 6) is 0. The third-order valence-corrected chi connectivity index (χ3v) is 12.0. The van der Waals surface area contributed by atoms with Crippen LogP contribution in [0.5, 0.6) is 0 Å². The van der Waals surface area contributed by atoms with Gasteiger partial charge in [-0.05, 0) is 135 Å².